The van der Waals surface area contributed by atoms with Crippen LogP contribution in [0.4, 0.5) is 5.69 Å². The van der Waals surface area contributed by atoms with Gasteiger partial charge in [-0.1, -0.05) is 118 Å². The van der Waals surface area contributed by atoms with Gasteiger partial charge < -0.3 is 10.4 Å². The van der Waals surface area contributed by atoms with E-state index in [1.165, 1.54) is 0 Å². The maximum atomic E-state index is 13.5. The number of halogens is 4. The Bertz CT molecular complexity index is 1820. The molecule has 1 heterocycles. The number of amides is 1. The van der Waals surface area contributed by atoms with E-state index in [1.807, 2.05) is 59.7 Å². The molecule has 0 radical (unpaired) electrons. The van der Waals surface area contributed by atoms with Crippen molar-refractivity contribution in [1.82, 2.24) is 4.98 Å². The molecule has 0 aliphatic heterocycles. The lowest BCUT2D eigenvalue weighted by Crippen LogP contribution is -2.20. The number of nitrogens with one attached hydrogen (secondary N) is 1. The number of benzene rings is 3. The van der Waals surface area contributed by atoms with Crippen molar-refractivity contribution < 1.29 is 19.5 Å². The van der Waals surface area contributed by atoms with Crippen molar-refractivity contribution in [3.05, 3.63) is 96.1 Å². The number of carbonyl (C=O) groups is 3. The Morgan fingerprint density at radius 3 is 1.84 bits per heavy atom. The Balaban J connectivity index is 1.50. The highest BCUT2D eigenvalue weighted by atomic mass is 35.5. The second-order valence-electron chi connectivity index (χ2n) is 13.0. The van der Waals surface area contributed by atoms with Gasteiger partial charge in [0.05, 0.1) is 54.5 Å². The minimum absolute atomic E-state index is 0.0515. The summed E-state index contributed by atoms with van der Waals surface area (Å²) in [5.41, 5.74) is 2.43. The monoisotopic (exact) mass is 670 g/mol. The zero-order valence-electron chi connectivity index (χ0n) is 25.0. The Kier molecular flexibility index (Phi) is 8.30. The van der Waals surface area contributed by atoms with Crippen LogP contribution in [0.1, 0.15) is 90.6 Å². The lowest BCUT2D eigenvalue weighted by atomic mass is 9.78. The van der Waals surface area contributed by atoms with Gasteiger partial charge in [0.2, 0.25) is 5.91 Å². The first kappa shape index (κ1) is 32.2. The van der Waals surface area contributed by atoms with Crippen molar-refractivity contribution in [3.63, 3.8) is 0 Å². The van der Waals surface area contributed by atoms with Crippen LogP contribution < -0.4 is 5.32 Å². The molecule has 0 saturated heterocycles. The molecule has 4 aromatic rings. The SMILES string of the molecule is CC(C)(C)c1cc(CC(=O)Nc2cccc3ccc(C4C(=O)c5c(Cl)c(Cl)c(Cl)c(Cl)c5C4=O)nc23)cc(C(C)(C)C)c1O. The largest absolute Gasteiger partial charge is 0.507 e. The fraction of sp³-hybridized carbons (Fsp3) is 0.294. The number of hydrogen-bond donors (Lipinski definition) is 2. The molecule has 2 N–H and O–H groups in total. The Morgan fingerprint density at radius 1 is 0.818 bits per heavy atom. The molecule has 3 aromatic carbocycles. The number of rotatable bonds is 4. The van der Waals surface area contributed by atoms with E-state index in [1.54, 1.807) is 24.3 Å². The summed E-state index contributed by atoms with van der Waals surface area (Å²) in [6, 6.07) is 12.3. The van der Waals surface area contributed by atoms with Crippen LogP contribution in [0.3, 0.4) is 0 Å². The van der Waals surface area contributed by atoms with Crippen LogP contribution in [0.5, 0.6) is 5.75 Å². The third kappa shape index (κ3) is 5.58. The third-order valence-corrected chi connectivity index (χ3v) is 9.55. The number of ketones is 2. The molecular weight excluding hydrogens is 642 g/mol. The van der Waals surface area contributed by atoms with Crippen molar-refractivity contribution in [1.29, 1.82) is 0 Å². The van der Waals surface area contributed by atoms with Gasteiger partial charge in [-0.3, -0.25) is 14.4 Å². The van der Waals surface area contributed by atoms with E-state index in [0.717, 1.165) is 16.7 Å². The third-order valence-electron chi connectivity index (χ3n) is 7.75. The molecule has 0 atom stereocenters. The number of phenolic OH excluding ortho intramolecular Hbond substituents is 1. The molecule has 10 heteroatoms. The number of Topliss-reactive ketones (excluding diaryl/α,β-unsaturated/α-hetero) is 2. The first-order chi connectivity index (χ1) is 20.4. The summed E-state index contributed by atoms with van der Waals surface area (Å²) < 4.78 is 0. The fourth-order valence-electron chi connectivity index (χ4n) is 5.51. The normalized spacial score (nSPS) is 14.0. The van der Waals surface area contributed by atoms with Crippen LogP contribution in [0.2, 0.25) is 20.1 Å². The van der Waals surface area contributed by atoms with E-state index in [4.69, 9.17) is 46.4 Å². The van der Waals surface area contributed by atoms with Crippen molar-refractivity contribution in [3.8, 4) is 5.75 Å². The molecule has 1 amide bonds. The van der Waals surface area contributed by atoms with Crippen LogP contribution in [-0.4, -0.2) is 27.6 Å². The summed E-state index contributed by atoms with van der Waals surface area (Å²) in [5.74, 6) is -2.52. The van der Waals surface area contributed by atoms with E-state index >= 15 is 0 Å². The molecule has 5 rings (SSSR count). The molecule has 44 heavy (non-hydrogen) atoms. The first-order valence-electron chi connectivity index (χ1n) is 13.9. The molecule has 1 aromatic heterocycles. The van der Waals surface area contributed by atoms with Crippen LogP contribution in [-0.2, 0) is 22.0 Å². The zero-order valence-corrected chi connectivity index (χ0v) is 28.0. The lowest BCUT2D eigenvalue weighted by Gasteiger charge is -2.28. The standard InChI is InChI=1S/C34H30Cl4N2O4/c1-33(2,3)17-12-15(13-18(30(17)42)34(4,5)6)14-21(41)39-20-9-7-8-16-10-11-19(40-29(16)20)22-31(43)23-24(32(22)44)26(36)28(38)27(37)25(23)35/h7-13,22,42H,14H2,1-6H3,(H,39,41). The van der Waals surface area contributed by atoms with Gasteiger partial charge in [0, 0.05) is 5.39 Å². The van der Waals surface area contributed by atoms with Crippen molar-refractivity contribution in [2.45, 2.75) is 64.7 Å². The summed E-state index contributed by atoms with van der Waals surface area (Å²) in [6.07, 6.45) is 0.0515. The van der Waals surface area contributed by atoms with Gasteiger partial charge in [-0.15, -0.1) is 0 Å². The number of pyridine rings is 1. The average Bonchev–Trinajstić information content (AvgIpc) is 3.20. The summed E-state index contributed by atoms with van der Waals surface area (Å²) in [7, 11) is 0. The Hall–Kier alpha value is -3.16. The molecule has 1 aliphatic rings. The maximum absolute atomic E-state index is 13.5. The van der Waals surface area contributed by atoms with E-state index in [9.17, 15) is 19.5 Å². The number of phenols is 1. The van der Waals surface area contributed by atoms with Crippen LogP contribution in [0.25, 0.3) is 10.9 Å². The Morgan fingerprint density at radius 2 is 1.34 bits per heavy atom. The van der Waals surface area contributed by atoms with E-state index in [0.29, 0.717) is 16.6 Å². The number of aromatic hydroxyl groups is 1. The zero-order chi connectivity index (χ0) is 32.5. The second kappa shape index (κ2) is 11.3. The minimum atomic E-state index is -1.30. The van der Waals surface area contributed by atoms with Gasteiger partial charge in [0.15, 0.2) is 11.6 Å². The number of aromatic nitrogens is 1. The maximum Gasteiger partial charge on any atom is 0.228 e. The van der Waals surface area contributed by atoms with Crippen LogP contribution >= 0.6 is 46.4 Å². The topological polar surface area (TPSA) is 96.4 Å². The van der Waals surface area contributed by atoms with Crippen molar-refractivity contribution in [2.75, 3.05) is 5.32 Å². The smallest absolute Gasteiger partial charge is 0.228 e. The number of nitrogens with zero attached hydrogens (tertiary/aromatic N) is 1. The van der Waals surface area contributed by atoms with Crippen LogP contribution in [0.15, 0.2) is 42.5 Å². The molecule has 6 nitrogen and oxygen atoms in total. The predicted octanol–water partition coefficient (Wildman–Crippen LogP) is 9.49. The molecule has 0 fully saturated rings. The van der Waals surface area contributed by atoms with Crippen molar-refractivity contribution in [2.24, 2.45) is 0 Å². The summed E-state index contributed by atoms with van der Waals surface area (Å²) in [4.78, 5) is 45.0. The number of anilines is 1. The second-order valence-corrected chi connectivity index (χ2v) is 14.6. The predicted molar refractivity (Wildman–Crippen MR) is 177 cm³/mol. The van der Waals surface area contributed by atoms with E-state index in [-0.39, 0.29) is 65.8 Å². The van der Waals surface area contributed by atoms with E-state index < -0.39 is 17.5 Å². The molecule has 0 spiro atoms. The lowest BCUT2D eigenvalue weighted by molar-refractivity contribution is -0.115. The van der Waals surface area contributed by atoms with Crippen LogP contribution in [0, 0.1) is 0 Å². The summed E-state index contributed by atoms with van der Waals surface area (Å²) in [5, 5.41) is 14.2. The molecule has 0 bridgehead atoms. The molecular formula is C34H30Cl4N2O4. The molecule has 0 unspecified atom stereocenters. The molecule has 1 aliphatic carbocycles. The van der Waals surface area contributed by atoms with Crippen molar-refractivity contribution >= 4 is 80.5 Å². The number of carbonyl (C=O) groups excluding carboxylic acids is 3. The number of hydrogen-bond acceptors (Lipinski definition) is 5. The van der Waals surface area contributed by atoms with Gasteiger partial charge >= 0.3 is 0 Å². The van der Waals surface area contributed by atoms with Gasteiger partial charge in [0.25, 0.3) is 0 Å². The Labute approximate surface area is 275 Å². The summed E-state index contributed by atoms with van der Waals surface area (Å²) in [6.45, 7) is 12.1. The minimum Gasteiger partial charge on any atom is -0.507 e. The highest BCUT2D eigenvalue weighted by Crippen LogP contribution is 2.48. The van der Waals surface area contributed by atoms with Gasteiger partial charge in [0.1, 0.15) is 11.7 Å². The average molecular weight is 672 g/mol. The highest BCUT2D eigenvalue weighted by Gasteiger charge is 2.45. The number of para-hydroxylation sites is 1. The van der Waals surface area contributed by atoms with Gasteiger partial charge in [-0.05, 0) is 39.7 Å². The van der Waals surface area contributed by atoms with Gasteiger partial charge in [-0.25, -0.2) is 4.98 Å². The molecule has 0 saturated carbocycles. The quantitative estimate of drug-likeness (QED) is 0.128. The molecule has 228 valence electrons. The number of fused-ring (bicyclic) bond motifs is 2. The van der Waals surface area contributed by atoms with Gasteiger partial charge in [-0.2, -0.15) is 0 Å². The fourth-order valence-corrected chi connectivity index (χ4v) is 6.55. The highest BCUT2D eigenvalue weighted by molar-refractivity contribution is 6.55. The van der Waals surface area contributed by atoms with E-state index in [2.05, 4.69) is 10.3 Å². The summed E-state index contributed by atoms with van der Waals surface area (Å²) >= 11 is 25.0. The first-order valence-corrected chi connectivity index (χ1v) is 15.4.